The van der Waals surface area contributed by atoms with Crippen molar-refractivity contribution in [2.45, 2.75) is 20.8 Å². The third kappa shape index (κ3) is 10.0. The monoisotopic (exact) mass is 241 g/mol. The maximum Gasteiger partial charge on any atom is 0.0288 e. The van der Waals surface area contributed by atoms with Crippen molar-refractivity contribution in [1.82, 2.24) is 0 Å². The molecule has 0 heterocycles. The van der Waals surface area contributed by atoms with Crippen LogP contribution in [0.2, 0.25) is 0 Å². The first-order valence-corrected chi connectivity index (χ1v) is 7.67. The Hall–Kier alpha value is -0.250. The normalized spacial score (nSPS) is 10.9. The van der Waals surface area contributed by atoms with E-state index in [9.17, 15) is 0 Å². The third-order valence-electron chi connectivity index (χ3n) is 1.44. The van der Waals surface area contributed by atoms with Gasteiger partial charge in [0.15, 0.2) is 0 Å². The Morgan fingerprint density at radius 3 is 1.80 bits per heavy atom. The Labute approximate surface area is 97.1 Å². The highest BCUT2D eigenvalue weighted by Crippen LogP contribution is 2.43. The molecule has 1 nitrogen and oxygen atoms in total. The molecule has 0 aliphatic heterocycles. The molecule has 0 N–H and O–H groups in total. The van der Waals surface area contributed by atoms with Gasteiger partial charge in [-0.05, 0) is 20.8 Å². The van der Waals surface area contributed by atoms with Crippen LogP contribution in [0.15, 0.2) is 41.0 Å². The van der Waals surface area contributed by atoms with Crippen LogP contribution < -0.4 is 0 Å². The van der Waals surface area contributed by atoms with Gasteiger partial charge in [0, 0.05) is 34.9 Å². The van der Waals surface area contributed by atoms with Gasteiger partial charge in [-0.2, -0.15) is 0 Å². The summed E-state index contributed by atoms with van der Waals surface area (Å²) in [5.41, 5.74) is 3.63. The van der Waals surface area contributed by atoms with E-state index in [4.69, 9.17) is 4.52 Å². The van der Waals surface area contributed by atoms with E-state index < -0.39 is 0 Å². The molecule has 0 atom stereocenters. The Bertz CT molecular complexity index is 263. The Morgan fingerprint density at radius 1 is 1.00 bits per heavy atom. The number of nitrogens with zero attached hydrogens (tertiary/aromatic N) is 1. The van der Waals surface area contributed by atoms with Crippen molar-refractivity contribution in [3.63, 3.8) is 0 Å². The van der Waals surface area contributed by atoms with Crippen molar-refractivity contribution in [3.8, 4) is 0 Å². The van der Waals surface area contributed by atoms with Gasteiger partial charge in [-0.1, -0.05) is 36.5 Å². The lowest BCUT2D eigenvalue weighted by molar-refractivity contribution is 1.36. The summed E-state index contributed by atoms with van der Waals surface area (Å²) >= 11 is 0. The maximum atomic E-state index is 4.70. The number of hydrogen-bond acceptors (Lipinski definition) is 1. The van der Waals surface area contributed by atoms with Crippen LogP contribution in [-0.4, -0.2) is 18.5 Å². The highest BCUT2D eigenvalue weighted by atomic mass is 31.2. The fourth-order valence-electron chi connectivity index (χ4n) is 0.984. The number of rotatable bonds is 7. The van der Waals surface area contributed by atoms with Crippen molar-refractivity contribution in [2.24, 2.45) is 4.52 Å². The predicted octanol–water partition coefficient (Wildman–Crippen LogP) is 5.24. The summed E-state index contributed by atoms with van der Waals surface area (Å²) in [7, 11) is 0.847. The van der Waals surface area contributed by atoms with E-state index in [1.807, 2.05) is 6.92 Å². The average molecular weight is 241 g/mol. The zero-order valence-corrected chi connectivity index (χ0v) is 11.9. The fourth-order valence-corrected chi connectivity index (χ4v) is 4.06. The molecule has 0 saturated carbocycles. The second kappa shape index (κ2) is 7.97. The first-order chi connectivity index (χ1) is 6.91. The summed E-state index contributed by atoms with van der Waals surface area (Å²) in [6.45, 7) is 18.0. The van der Waals surface area contributed by atoms with Crippen LogP contribution in [0.1, 0.15) is 20.8 Å². The van der Waals surface area contributed by atoms with Gasteiger partial charge < -0.3 is 0 Å². The minimum absolute atomic E-state index is 0.298. The smallest absolute Gasteiger partial charge is 0.0288 e. The van der Waals surface area contributed by atoms with Gasteiger partial charge in [0.25, 0.3) is 0 Å². The van der Waals surface area contributed by atoms with Gasteiger partial charge in [-0.3, -0.25) is 0 Å². The van der Waals surface area contributed by atoms with Crippen LogP contribution >= 0.6 is 16.4 Å². The average Bonchev–Trinajstić information content (AvgIpc) is 2.00. The van der Waals surface area contributed by atoms with E-state index in [0.717, 1.165) is 26.9 Å². The molecule has 0 rings (SSSR count). The van der Waals surface area contributed by atoms with Gasteiger partial charge in [0.05, 0.1) is 0 Å². The molecule has 3 heteroatoms. The summed E-state index contributed by atoms with van der Waals surface area (Å²) in [5.74, 6) is 0. The molecule has 0 fully saturated rings. The number of hydrogen-bond donors (Lipinski definition) is 0. The van der Waals surface area contributed by atoms with Gasteiger partial charge >= 0.3 is 0 Å². The summed E-state index contributed by atoms with van der Waals surface area (Å²) in [4.78, 5) is 0. The molecule has 0 aromatic carbocycles. The van der Waals surface area contributed by atoms with E-state index >= 15 is 0 Å². The van der Waals surface area contributed by atoms with E-state index in [1.165, 1.54) is 16.7 Å². The van der Waals surface area contributed by atoms with Crippen LogP contribution in [0.5, 0.6) is 0 Å². The maximum absolute atomic E-state index is 4.70. The first-order valence-electron chi connectivity index (χ1n) is 4.97. The lowest BCUT2D eigenvalue weighted by Gasteiger charge is -2.11. The highest BCUT2D eigenvalue weighted by molar-refractivity contribution is 7.60. The second-order valence-electron chi connectivity index (χ2n) is 4.08. The molecule has 0 saturated heterocycles. The molecule has 0 unspecified atom stereocenters. The van der Waals surface area contributed by atoms with Crippen molar-refractivity contribution in [2.75, 3.05) is 18.5 Å². The molecular weight excluding hydrogens is 220 g/mol. The van der Waals surface area contributed by atoms with Gasteiger partial charge in [-0.25, -0.2) is 4.52 Å². The molecule has 0 aromatic heterocycles. The summed E-state index contributed by atoms with van der Waals surface area (Å²) in [5, 5.41) is 0. The van der Waals surface area contributed by atoms with Gasteiger partial charge in [0.2, 0.25) is 0 Å². The molecule has 84 valence electrons. The molecule has 15 heavy (non-hydrogen) atoms. The van der Waals surface area contributed by atoms with E-state index in [1.54, 1.807) is 0 Å². The summed E-state index contributed by atoms with van der Waals surface area (Å²) in [6.07, 6.45) is 3.04. The molecule has 0 bridgehead atoms. The lowest BCUT2D eigenvalue weighted by atomic mass is 10.4. The highest BCUT2D eigenvalue weighted by Gasteiger charge is 2.06. The van der Waals surface area contributed by atoms with Crippen molar-refractivity contribution < 1.29 is 0 Å². The van der Waals surface area contributed by atoms with Crippen LogP contribution in [0.25, 0.3) is 0 Å². The zero-order valence-electron chi connectivity index (χ0n) is 10.1. The molecule has 0 aromatic rings. The molecule has 0 amide bonds. The van der Waals surface area contributed by atoms with Crippen molar-refractivity contribution >= 4 is 16.4 Å². The van der Waals surface area contributed by atoms with Crippen LogP contribution in [0.4, 0.5) is 0 Å². The minimum atomic E-state index is -0.298. The van der Waals surface area contributed by atoms with E-state index in [0.29, 0.717) is 0 Å². The number of allylic oxidation sites excluding steroid dienone is 3. The standard InChI is InChI=1S/C12H21NP2/c1-10(2)7-14-13-15(8-11(3)4)9-12(5)6/h1,3,5,7-9H2,2,4,6H3. The largest absolute Gasteiger partial charge is 0.245 e. The van der Waals surface area contributed by atoms with E-state index in [-0.39, 0.29) is 8.07 Å². The SMILES string of the molecule is C=C(C)CP=NP(CC(=C)C)CC(=C)C. The van der Waals surface area contributed by atoms with E-state index in [2.05, 4.69) is 33.6 Å². The lowest BCUT2D eigenvalue weighted by Crippen LogP contribution is -1.89. The zero-order chi connectivity index (χ0) is 11.8. The van der Waals surface area contributed by atoms with Gasteiger partial charge in [0.1, 0.15) is 0 Å². The molecule has 0 aliphatic rings. The molecular formula is C12H21NP2. The topological polar surface area (TPSA) is 12.4 Å². The predicted molar refractivity (Wildman–Crippen MR) is 75.3 cm³/mol. The quantitative estimate of drug-likeness (QED) is 0.427. The molecule has 0 aliphatic carbocycles. The fraction of sp³-hybridized carbons (Fsp3) is 0.500. The minimum Gasteiger partial charge on any atom is -0.245 e. The third-order valence-corrected chi connectivity index (χ3v) is 5.44. The Balaban J connectivity index is 4.22. The van der Waals surface area contributed by atoms with Crippen LogP contribution in [0.3, 0.4) is 0 Å². The first kappa shape index (κ1) is 14.8. The Kier molecular flexibility index (Phi) is 7.83. The van der Waals surface area contributed by atoms with Crippen molar-refractivity contribution in [3.05, 3.63) is 36.5 Å². The van der Waals surface area contributed by atoms with Crippen LogP contribution in [-0.2, 0) is 0 Å². The van der Waals surface area contributed by atoms with Crippen LogP contribution in [0, 0.1) is 0 Å². The molecule has 0 spiro atoms. The second-order valence-corrected chi connectivity index (χ2v) is 7.04. The van der Waals surface area contributed by atoms with Crippen molar-refractivity contribution in [1.29, 1.82) is 0 Å². The Morgan fingerprint density at radius 2 is 1.47 bits per heavy atom. The summed E-state index contributed by atoms with van der Waals surface area (Å²) < 4.78 is 4.70. The van der Waals surface area contributed by atoms with Gasteiger partial charge in [-0.15, -0.1) is 0 Å². The summed E-state index contributed by atoms with van der Waals surface area (Å²) in [6, 6.07) is 0. The molecule has 0 radical (unpaired) electrons.